The van der Waals surface area contributed by atoms with E-state index in [1.807, 2.05) is 12.1 Å². The quantitative estimate of drug-likeness (QED) is 0.663. The smallest absolute Gasteiger partial charge is 0.247 e. The summed E-state index contributed by atoms with van der Waals surface area (Å²) in [5.41, 5.74) is 7.82. The van der Waals surface area contributed by atoms with E-state index in [0.717, 1.165) is 50.9 Å². The van der Waals surface area contributed by atoms with E-state index in [1.165, 1.54) is 5.57 Å². The molecule has 1 fully saturated rings. The number of allylic oxidation sites excluding steroid dienone is 1. The zero-order valence-electron chi connectivity index (χ0n) is 19.4. The van der Waals surface area contributed by atoms with Gasteiger partial charge in [-0.2, -0.15) is 0 Å². The molecule has 1 aliphatic carbocycles. The number of amides is 1. The van der Waals surface area contributed by atoms with E-state index in [1.54, 1.807) is 12.4 Å². The minimum Gasteiger partial charge on any atom is -0.421 e. The Balaban J connectivity index is 1.41. The van der Waals surface area contributed by atoms with Crippen molar-refractivity contribution in [2.75, 3.05) is 19.6 Å². The van der Waals surface area contributed by atoms with Crippen molar-refractivity contribution in [3.63, 3.8) is 0 Å². The van der Waals surface area contributed by atoms with Crippen molar-refractivity contribution in [1.29, 1.82) is 0 Å². The minimum atomic E-state index is -0.144. The van der Waals surface area contributed by atoms with Crippen LogP contribution in [-0.2, 0) is 11.2 Å². The summed E-state index contributed by atoms with van der Waals surface area (Å²) in [5.74, 6) is 3.32. The van der Waals surface area contributed by atoms with Gasteiger partial charge < -0.3 is 15.1 Å². The van der Waals surface area contributed by atoms with Crippen LogP contribution in [0.4, 0.5) is 0 Å². The van der Waals surface area contributed by atoms with Gasteiger partial charge >= 0.3 is 0 Å². The second-order valence-electron chi connectivity index (χ2n) is 9.83. The van der Waals surface area contributed by atoms with E-state index >= 15 is 0 Å². The first-order valence-corrected chi connectivity index (χ1v) is 11.8. The van der Waals surface area contributed by atoms with Gasteiger partial charge in [-0.05, 0) is 75.1 Å². The second kappa shape index (κ2) is 9.94. The summed E-state index contributed by atoms with van der Waals surface area (Å²) in [5, 5.41) is 8.55. The fourth-order valence-corrected chi connectivity index (χ4v) is 5.34. The molecule has 3 atom stereocenters. The lowest BCUT2D eigenvalue weighted by Crippen LogP contribution is -2.43. The fraction of sp³-hybridized carbons (Fsp3) is 0.600. The van der Waals surface area contributed by atoms with E-state index in [2.05, 4.69) is 46.9 Å². The zero-order chi connectivity index (χ0) is 22.7. The third-order valence-corrected chi connectivity index (χ3v) is 7.36. The van der Waals surface area contributed by atoms with Gasteiger partial charge in [-0.1, -0.05) is 25.5 Å². The van der Waals surface area contributed by atoms with Crippen LogP contribution in [0.5, 0.6) is 0 Å². The van der Waals surface area contributed by atoms with E-state index in [4.69, 9.17) is 10.2 Å². The lowest BCUT2D eigenvalue weighted by molar-refractivity contribution is -0.123. The fourth-order valence-electron chi connectivity index (χ4n) is 5.34. The highest BCUT2D eigenvalue weighted by Gasteiger charge is 2.34. The topological polar surface area (TPSA) is 98.1 Å². The number of nitrogens with zero attached hydrogens (tertiary/aromatic N) is 4. The van der Waals surface area contributed by atoms with Gasteiger partial charge in [0.2, 0.25) is 17.7 Å². The molecule has 0 spiro atoms. The summed E-state index contributed by atoms with van der Waals surface area (Å²) in [6.45, 7) is 9.89. The summed E-state index contributed by atoms with van der Waals surface area (Å²) >= 11 is 0. The van der Waals surface area contributed by atoms with Crippen molar-refractivity contribution >= 4 is 5.91 Å². The Kier molecular flexibility index (Phi) is 7.04. The summed E-state index contributed by atoms with van der Waals surface area (Å²) in [7, 11) is 0. The van der Waals surface area contributed by atoms with E-state index in [-0.39, 0.29) is 11.8 Å². The van der Waals surface area contributed by atoms with Gasteiger partial charge in [-0.15, -0.1) is 10.2 Å². The highest BCUT2D eigenvalue weighted by Crippen LogP contribution is 2.39. The SMILES string of the molecule is CC1=C[C@@H](CN2CCC(C(N)=O)CC2)[C@H](C(C)C)C[C@H]1Cc1nnc(-c2ccncc2)o1. The molecule has 1 aliphatic heterocycles. The number of likely N-dealkylation sites (tertiary alicyclic amines) is 1. The van der Waals surface area contributed by atoms with E-state index in [0.29, 0.717) is 35.5 Å². The maximum absolute atomic E-state index is 11.5. The molecule has 7 heteroatoms. The second-order valence-corrected chi connectivity index (χ2v) is 9.83. The van der Waals surface area contributed by atoms with Gasteiger partial charge in [0.15, 0.2) is 0 Å². The van der Waals surface area contributed by atoms with Crippen molar-refractivity contribution in [3.05, 3.63) is 42.1 Å². The van der Waals surface area contributed by atoms with Crippen molar-refractivity contribution in [1.82, 2.24) is 20.1 Å². The average molecular weight is 438 g/mol. The van der Waals surface area contributed by atoms with Crippen LogP contribution in [0, 0.1) is 29.6 Å². The Hall–Kier alpha value is -2.54. The summed E-state index contributed by atoms with van der Waals surface area (Å²) in [4.78, 5) is 18.0. The van der Waals surface area contributed by atoms with E-state index < -0.39 is 0 Å². The lowest BCUT2D eigenvalue weighted by atomic mass is 9.69. The van der Waals surface area contributed by atoms with Crippen LogP contribution < -0.4 is 5.73 Å². The molecule has 0 bridgehead atoms. The number of hydrogen-bond donors (Lipinski definition) is 1. The molecule has 0 saturated carbocycles. The molecular weight excluding hydrogens is 402 g/mol. The normalized spacial score (nSPS) is 25.1. The van der Waals surface area contributed by atoms with Crippen LogP contribution in [-0.4, -0.2) is 45.6 Å². The van der Waals surface area contributed by atoms with Crippen molar-refractivity contribution in [3.8, 4) is 11.5 Å². The molecule has 2 aliphatic rings. The Morgan fingerprint density at radius 2 is 1.94 bits per heavy atom. The Labute approximate surface area is 190 Å². The monoisotopic (exact) mass is 437 g/mol. The largest absolute Gasteiger partial charge is 0.421 e. The standard InChI is InChI=1S/C25H35N5O2/c1-16(2)22-13-20(14-23-28-29-25(32-23)19-4-8-27-9-5-19)17(3)12-21(22)15-30-10-6-18(7-11-30)24(26)31/h4-5,8-9,12,16,18,20-22H,6-7,10-11,13-15H2,1-3H3,(H2,26,31)/t20-,21-,22-/m0/s1. The van der Waals surface area contributed by atoms with Crippen LogP contribution in [0.1, 0.15) is 45.9 Å². The van der Waals surface area contributed by atoms with Gasteiger partial charge in [0.1, 0.15) is 0 Å². The molecule has 0 radical (unpaired) electrons. The summed E-state index contributed by atoms with van der Waals surface area (Å²) < 4.78 is 5.97. The Bertz CT molecular complexity index is 931. The molecular formula is C25H35N5O2. The molecule has 3 heterocycles. The lowest BCUT2D eigenvalue weighted by Gasteiger charge is -2.40. The number of pyridine rings is 1. The Morgan fingerprint density at radius 1 is 1.22 bits per heavy atom. The molecule has 7 nitrogen and oxygen atoms in total. The molecule has 2 N–H and O–H groups in total. The van der Waals surface area contributed by atoms with Crippen LogP contribution in [0.15, 0.2) is 40.6 Å². The predicted molar refractivity (Wildman–Crippen MR) is 123 cm³/mol. The van der Waals surface area contributed by atoms with Gasteiger partial charge in [-0.3, -0.25) is 9.78 Å². The van der Waals surface area contributed by atoms with Gasteiger partial charge in [0.25, 0.3) is 0 Å². The van der Waals surface area contributed by atoms with Gasteiger partial charge in [0, 0.05) is 36.8 Å². The van der Waals surface area contributed by atoms with Crippen LogP contribution in [0.2, 0.25) is 0 Å². The third kappa shape index (κ3) is 5.26. The van der Waals surface area contributed by atoms with Crippen LogP contribution in [0.25, 0.3) is 11.5 Å². The number of rotatable bonds is 7. The first-order valence-electron chi connectivity index (χ1n) is 11.8. The molecule has 1 saturated heterocycles. The number of carbonyl (C=O) groups excluding carboxylic acids is 1. The third-order valence-electron chi connectivity index (χ3n) is 7.36. The Morgan fingerprint density at radius 3 is 2.59 bits per heavy atom. The van der Waals surface area contributed by atoms with Gasteiger partial charge in [-0.25, -0.2) is 0 Å². The zero-order valence-corrected chi connectivity index (χ0v) is 19.4. The minimum absolute atomic E-state index is 0.0478. The molecule has 2 aromatic heterocycles. The highest BCUT2D eigenvalue weighted by molar-refractivity contribution is 5.76. The molecule has 4 rings (SSSR count). The molecule has 172 valence electrons. The maximum Gasteiger partial charge on any atom is 0.247 e. The average Bonchev–Trinajstić information content (AvgIpc) is 3.25. The molecule has 32 heavy (non-hydrogen) atoms. The highest BCUT2D eigenvalue weighted by atomic mass is 16.4. The number of hydrogen-bond acceptors (Lipinski definition) is 6. The van der Waals surface area contributed by atoms with Gasteiger partial charge in [0.05, 0.1) is 0 Å². The predicted octanol–water partition coefficient (Wildman–Crippen LogP) is 3.73. The number of primary amides is 1. The maximum atomic E-state index is 11.5. The number of carbonyl (C=O) groups is 1. The number of aromatic nitrogens is 3. The van der Waals surface area contributed by atoms with Crippen LogP contribution in [0.3, 0.4) is 0 Å². The van der Waals surface area contributed by atoms with Crippen molar-refractivity contribution in [2.24, 2.45) is 35.3 Å². The first kappa shape index (κ1) is 22.6. The molecule has 2 aromatic rings. The van der Waals surface area contributed by atoms with E-state index in [9.17, 15) is 4.79 Å². The van der Waals surface area contributed by atoms with Crippen molar-refractivity contribution in [2.45, 2.75) is 46.5 Å². The molecule has 1 amide bonds. The summed E-state index contributed by atoms with van der Waals surface area (Å²) in [6, 6.07) is 3.77. The number of nitrogens with two attached hydrogens (primary N) is 1. The van der Waals surface area contributed by atoms with Crippen LogP contribution >= 0.6 is 0 Å². The number of piperidine rings is 1. The summed E-state index contributed by atoms with van der Waals surface area (Å²) in [6.07, 6.45) is 9.64. The molecule has 0 unspecified atom stereocenters. The molecule has 0 aromatic carbocycles. The van der Waals surface area contributed by atoms with Crippen molar-refractivity contribution < 1.29 is 9.21 Å². The first-order chi connectivity index (χ1) is 15.4.